The number of hydrogen-bond donors (Lipinski definition) is 2. The summed E-state index contributed by atoms with van der Waals surface area (Å²) in [5, 5.41) is 2.93. The van der Waals surface area contributed by atoms with Crippen molar-refractivity contribution < 1.29 is 14.0 Å². The summed E-state index contributed by atoms with van der Waals surface area (Å²) in [6.07, 6.45) is 3.19. The van der Waals surface area contributed by atoms with Gasteiger partial charge in [0.25, 0.3) is 5.91 Å². The van der Waals surface area contributed by atoms with Crippen LogP contribution in [0.5, 0.6) is 0 Å². The fraction of sp³-hybridized carbons (Fsp3) is 0.471. The lowest BCUT2D eigenvalue weighted by Crippen LogP contribution is -2.53. The first-order valence-electron chi connectivity index (χ1n) is 8.57. The van der Waals surface area contributed by atoms with Crippen LogP contribution in [0.1, 0.15) is 21.9 Å². The number of aromatic nitrogens is 2. The van der Waals surface area contributed by atoms with Crippen molar-refractivity contribution in [3.8, 4) is 0 Å². The van der Waals surface area contributed by atoms with Gasteiger partial charge in [-0.15, -0.1) is 0 Å². The highest BCUT2D eigenvalue weighted by molar-refractivity contribution is 7.98. The molecule has 0 aliphatic carbocycles. The average molecular weight is 377 g/mol. The van der Waals surface area contributed by atoms with Gasteiger partial charge in [0.15, 0.2) is 5.76 Å². The zero-order chi connectivity index (χ0) is 18.4. The van der Waals surface area contributed by atoms with Crippen LogP contribution in [0.15, 0.2) is 29.1 Å². The third kappa shape index (κ3) is 4.60. The van der Waals surface area contributed by atoms with Crippen molar-refractivity contribution in [1.82, 2.24) is 25.1 Å². The van der Waals surface area contributed by atoms with E-state index in [0.717, 1.165) is 22.9 Å². The van der Waals surface area contributed by atoms with Crippen molar-refractivity contribution in [2.24, 2.45) is 0 Å². The molecule has 3 amide bonds. The summed E-state index contributed by atoms with van der Waals surface area (Å²) >= 11 is 1.74. The molecule has 8 nitrogen and oxygen atoms in total. The van der Waals surface area contributed by atoms with Gasteiger partial charge in [-0.2, -0.15) is 11.8 Å². The molecule has 3 rings (SSSR count). The predicted molar refractivity (Wildman–Crippen MR) is 99.1 cm³/mol. The van der Waals surface area contributed by atoms with Crippen molar-refractivity contribution in [2.45, 2.75) is 12.7 Å². The SMILES string of the molecule is Cc1[nH]cnc1CSCCNC(=O)N1CCN(C(=O)c2ccco2)CC1. The number of furan rings is 1. The summed E-state index contributed by atoms with van der Waals surface area (Å²) in [6.45, 7) is 4.69. The molecule has 1 fully saturated rings. The van der Waals surface area contributed by atoms with Gasteiger partial charge >= 0.3 is 6.03 Å². The van der Waals surface area contributed by atoms with Crippen molar-refractivity contribution in [3.05, 3.63) is 41.9 Å². The van der Waals surface area contributed by atoms with E-state index in [1.807, 2.05) is 6.92 Å². The molecule has 0 aromatic carbocycles. The molecule has 2 aromatic rings. The Bertz CT molecular complexity index is 723. The number of rotatable bonds is 6. The summed E-state index contributed by atoms with van der Waals surface area (Å²) in [5.74, 6) is 1.88. The van der Waals surface area contributed by atoms with E-state index in [4.69, 9.17) is 4.42 Å². The maximum atomic E-state index is 12.2. The highest BCUT2D eigenvalue weighted by Crippen LogP contribution is 2.12. The van der Waals surface area contributed by atoms with Gasteiger partial charge in [0, 0.05) is 49.9 Å². The van der Waals surface area contributed by atoms with Gasteiger partial charge in [-0.1, -0.05) is 0 Å². The number of urea groups is 1. The molecule has 9 heteroatoms. The molecule has 1 aliphatic rings. The van der Waals surface area contributed by atoms with Gasteiger partial charge in [-0.3, -0.25) is 4.79 Å². The van der Waals surface area contributed by atoms with E-state index in [1.165, 1.54) is 6.26 Å². The van der Waals surface area contributed by atoms with Gasteiger partial charge < -0.3 is 24.5 Å². The zero-order valence-electron chi connectivity index (χ0n) is 14.7. The molecular formula is C17H23N5O3S. The van der Waals surface area contributed by atoms with Crippen LogP contribution >= 0.6 is 11.8 Å². The van der Waals surface area contributed by atoms with E-state index in [9.17, 15) is 9.59 Å². The second-order valence-corrected chi connectivity index (χ2v) is 7.12. The number of thioether (sulfide) groups is 1. The molecule has 0 spiro atoms. The standard InChI is InChI=1S/C17H23N5O3S/c1-13-14(20-12-19-13)11-26-10-4-18-17(24)22-7-5-21(6-8-22)16(23)15-3-2-9-25-15/h2-3,9,12H,4-8,10-11H2,1H3,(H,18,24)(H,19,20). The van der Waals surface area contributed by atoms with Crippen LogP contribution < -0.4 is 5.32 Å². The van der Waals surface area contributed by atoms with Crippen LogP contribution in [0, 0.1) is 6.92 Å². The molecule has 0 atom stereocenters. The smallest absolute Gasteiger partial charge is 0.317 e. The number of amides is 3. The molecule has 0 saturated carbocycles. The molecule has 0 radical (unpaired) electrons. The Kier molecular flexibility index (Phi) is 6.21. The van der Waals surface area contributed by atoms with Crippen LogP contribution in [0.2, 0.25) is 0 Å². The highest BCUT2D eigenvalue weighted by Gasteiger charge is 2.25. The zero-order valence-corrected chi connectivity index (χ0v) is 15.6. The largest absolute Gasteiger partial charge is 0.459 e. The number of aryl methyl sites for hydroxylation is 1. The number of carbonyl (C=O) groups is 2. The maximum absolute atomic E-state index is 12.2. The molecular weight excluding hydrogens is 354 g/mol. The minimum atomic E-state index is -0.125. The molecule has 1 saturated heterocycles. The van der Waals surface area contributed by atoms with E-state index in [2.05, 4.69) is 15.3 Å². The number of hydrogen-bond acceptors (Lipinski definition) is 5. The number of H-pyrrole nitrogens is 1. The van der Waals surface area contributed by atoms with E-state index in [0.29, 0.717) is 38.5 Å². The number of aromatic amines is 1. The van der Waals surface area contributed by atoms with E-state index >= 15 is 0 Å². The number of piperazine rings is 1. The normalized spacial score (nSPS) is 14.5. The van der Waals surface area contributed by atoms with Crippen molar-refractivity contribution in [2.75, 3.05) is 38.5 Å². The lowest BCUT2D eigenvalue weighted by molar-refractivity contribution is 0.0634. The fourth-order valence-electron chi connectivity index (χ4n) is 2.71. The molecule has 0 bridgehead atoms. The minimum Gasteiger partial charge on any atom is -0.459 e. The van der Waals surface area contributed by atoms with Crippen LogP contribution in [0.4, 0.5) is 4.79 Å². The third-order valence-electron chi connectivity index (χ3n) is 4.28. The van der Waals surface area contributed by atoms with Crippen molar-refractivity contribution >= 4 is 23.7 Å². The summed E-state index contributed by atoms with van der Waals surface area (Å²) in [5.41, 5.74) is 2.14. The molecule has 2 aromatic heterocycles. The Morgan fingerprint density at radius 3 is 2.73 bits per heavy atom. The number of imidazole rings is 1. The summed E-state index contributed by atoms with van der Waals surface area (Å²) in [7, 11) is 0. The first kappa shape index (κ1) is 18.4. The van der Waals surface area contributed by atoms with Gasteiger partial charge in [0.2, 0.25) is 0 Å². The van der Waals surface area contributed by atoms with Crippen molar-refractivity contribution in [3.63, 3.8) is 0 Å². The molecule has 140 valence electrons. The van der Waals surface area contributed by atoms with Crippen molar-refractivity contribution in [1.29, 1.82) is 0 Å². The quantitative estimate of drug-likeness (QED) is 0.748. The van der Waals surface area contributed by atoms with Gasteiger partial charge in [0.1, 0.15) is 0 Å². The van der Waals surface area contributed by atoms with E-state index < -0.39 is 0 Å². The summed E-state index contributed by atoms with van der Waals surface area (Å²) in [4.78, 5) is 35.2. The van der Waals surface area contributed by atoms with Gasteiger partial charge in [0.05, 0.1) is 18.3 Å². The molecule has 0 unspecified atom stereocenters. The second kappa shape index (κ2) is 8.79. The van der Waals surface area contributed by atoms with Crippen LogP contribution in [-0.4, -0.2) is 70.2 Å². The van der Waals surface area contributed by atoms with Crippen LogP contribution in [0.25, 0.3) is 0 Å². The molecule has 3 heterocycles. The summed E-state index contributed by atoms with van der Waals surface area (Å²) in [6, 6.07) is 3.28. The Morgan fingerprint density at radius 2 is 2.08 bits per heavy atom. The monoisotopic (exact) mass is 377 g/mol. The Morgan fingerprint density at radius 1 is 1.31 bits per heavy atom. The minimum absolute atomic E-state index is 0.0772. The predicted octanol–water partition coefficient (Wildman–Crippen LogP) is 1.71. The Balaban J connectivity index is 1.32. The second-order valence-electron chi connectivity index (χ2n) is 6.02. The van der Waals surface area contributed by atoms with E-state index in [1.54, 1.807) is 40.0 Å². The molecule has 1 aliphatic heterocycles. The lowest BCUT2D eigenvalue weighted by atomic mass is 10.3. The summed E-state index contributed by atoms with van der Waals surface area (Å²) < 4.78 is 5.14. The maximum Gasteiger partial charge on any atom is 0.317 e. The average Bonchev–Trinajstić information content (AvgIpc) is 3.33. The number of nitrogens with one attached hydrogen (secondary N) is 2. The molecule has 26 heavy (non-hydrogen) atoms. The van der Waals surface area contributed by atoms with Crippen LogP contribution in [0.3, 0.4) is 0 Å². The Labute approximate surface area is 156 Å². The van der Waals surface area contributed by atoms with Crippen LogP contribution in [-0.2, 0) is 5.75 Å². The number of carbonyl (C=O) groups excluding carboxylic acids is 2. The van der Waals surface area contributed by atoms with Gasteiger partial charge in [-0.05, 0) is 19.1 Å². The fourth-order valence-corrected chi connectivity index (χ4v) is 3.59. The lowest BCUT2D eigenvalue weighted by Gasteiger charge is -2.34. The molecule has 2 N–H and O–H groups in total. The highest BCUT2D eigenvalue weighted by atomic mass is 32.2. The first-order valence-corrected chi connectivity index (χ1v) is 9.73. The third-order valence-corrected chi connectivity index (χ3v) is 5.25. The topological polar surface area (TPSA) is 94.5 Å². The Hall–Kier alpha value is -2.42. The van der Waals surface area contributed by atoms with Gasteiger partial charge in [-0.25, -0.2) is 9.78 Å². The van der Waals surface area contributed by atoms with E-state index in [-0.39, 0.29) is 11.9 Å². The first-order chi connectivity index (χ1) is 12.6. The number of nitrogens with zero attached hydrogens (tertiary/aromatic N) is 3.